The SMILES string of the molecule is COc1ccc(N(C)S(=O)(=O)c2cccc(C(=O)Nc3c(C)cnn3CC3CC3)c2)cc1. The van der Waals surface area contributed by atoms with Crippen molar-refractivity contribution < 1.29 is 17.9 Å². The van der Waals surface area contributed by atoms with Crippen LogP contribution < -0.4 is 14.4 Å². The third kappa shape index (κ3) is 4.47. The number of carbonyl (C=O) groups is 1. The Labute approximate surface area is 187 Å². The highest BCUT2D eigenvalue weighted by atomic mass is 32.2. The maximum atomic E-state index is 13.2. The Morgan fingerprint density at radius 2 is 1.94 bits per heavy atom. The summed E-state index contributed by atoms with van der Waals surface area (Å²) in [5.74, 6) is 1.50. The largest absolute Gasteiger partial charge is 0.497 e. The molecule has 32 heavy (non-hydrogen) atoms. The fourth-order valence-electron chi connectivity index (χ4n) is 3.39. The Morgan fingerprint density at radius 1 is 1.22 bits per heavy atom. The number of aromatic nitrogens is 2. The van der Waals surface area contributed by atoms with Gasteiger partial charge in [0, 0.05) is 24.7 Å². The van der Waals surface area contributed by atoms with Crippen LogP contribution in [0.4, 0.5) is 11.5 Å². The van der Waals surface area contributed by atoms with Crippen molar-refractivity contribution in [2.75, 3.05) is 23.8 Å². The van der Waals surface area contributed by atoms with Crippen LogP contribution in [0.3, 0.4) is 0 Å². The summed E-state index contributed by atoms with van der Waals surface area (Å²) in [6.45, 7) is 2.65. The van der Waals surface area contributed by atoms with Crippen LogP contribution in [0.2, 0.25) is 0 Å². The van der Waals surface area contributed by atoms with Gasteiger partial charge in [-0.05, 0) is 68.1 Å². The van der Waals surface area contributed by atoms with Crippen molar-refractivity contribution in [1.82, 2.24) is 9.78 Å². The standard InChI is InChI=1S/C23H26N4O4S/c1-16-14-24-27(15-17-7-8-17)22(16)25-23(28)18-5-4-6-21(13-18)32(29,30)26(2)19-9-11-20(31-3)12-10-19/h4-6,9-14,17H,7-8,15H2,1-3H3,(H,25,28). The van der Waals surface area contributed by atoms with E-state index in [4.69, 9.17) is 4.74 Å². The zero-order valence-corrected chi connectivity index (χ0v) is 19.1. The van der Waals surface area contributed by atoms with Crippen LogP contribution in [0, 0.1) is 12.8 Å². The molecule has 1 heterocycles. The molecule has 8 nitrogen and oxygen atoms in total. The van der Waals surface area contributed by atoms with Crippen LogP contribution in [0.25, 0.3) is 0 Å². The Balaban J connectivity index is 1.56. The number of sulfonamides is 1. The number of aryl methyl sites for hydroxylation is 1. The molecule has 1 aromatic heterocycles. The molecule has 1 fully saturated rings. The summed E-state index contributed by atoms with van der Waals surface area (Å²) in [6, 6.07) is 12.7. The van der Waals surface area contributed by atoms with Gasteiger partial charge >= 0.3 is 0 Å². The number of hydrogen-bond acceptors (Lipinski definition) is 5. The lowest BCUT2D eigenvalue weighted by Crippen LogP contribution is -2.27. The number of nitrogens with zero attached hydrogens (tertiary/aromatic N) is 3. The Morgan fingerprint density at radius 3 is 2.59 bits per heavy atom. The fraction of sp³-hybridized carbons (Fsp3) is 0.304. The molecule has 9 heteroatoms. The molecule has 0 unspecified atom stereocenters. The second-order valence-electron chi connectivity index (χ2n) is 7.95. The van der Waals surface area contributed by atoms with E-state index in [1.54, 1.807) is 49.7 Å². The molecule has 0 aliphatic heterocycles. The third-order valence-corrected chi connectivity index (χ3v) is 7.35. The average Bonchev–Trinajstić information content (AvgIpc) is 3.57. The predicted octanol–water partition coefficient (Wildman–Crippen LogP) is 3.69. The molecule has 0 spiro atoms. The van der Waals surface area contributed by atoms with Crippen molar-refractivity contribution in [2.24, 2.45) is 5.92 Å². The predicted molar refractivity (Wildman–Crippen MR) is 123 cm³/mol. The van der Waals surface area contributed by atoms with Crippen LogP contribution in [0.15, 0.2) is 59.6 Å². The minimum atomic E-state index is -3.86. The Bertz CT molecular complexity index is 1230. The van der Waals surface area contributed by atoms with E-state index < -0.39 is 10.0 Å². The van der Waals surface area contributed by atoms with Crippen LogP contribution >= 0.6 is 0 Å². The highest BCUT2D eigenvalue weighted by Crippen LogP contribution is 2.32. The van der Waals surface area contributed by atoms with Gasteiger partial charge < -0.3 is 10.1 Å². The number of hydrogen-bond donors (Lipinski definition) is 1. The van der Waals surface area contributed by atoms with E-state index in [2.05, 4.69) is 10.4 Å². The van der Waals surface area contributed by atoms with E-state index in [1.165, 1.54) is 36.3 Å². The molecule has 1 amide bonds. The van der Waals surface area contributed by atoms with E-state index in [9.17, 15) is 13.2 Å². The van der Waals surface area contributed by atoms with Gasteiger partial charge in [0.2, 0.25) is 0 Å². The lowest BCUT2D eigenvalue weighted by molar-refractivity contribution is 0.102. The first-order valence-corrected chi connectivity index (χ1v) is 11.8. The van der Waals surface area contributed by atoms with Gasteiger partial charge in [0.15, 0.2) is 0 Å². The van der Waals surface area contributed by atoms with Crippen LogP contribution in [0.1, 0.15) is 28.8 Å². The second kappa shape index (κ2) is 8.66. The van der Waals surface area contributed by atoms with Gasteiger partial charge in [-0.3, -0.25) is 9.10 Å². The first kappa shape index (κ1) is 21.9. The van der Waals surface area contributed by atoms with Crippen molar-refractivity contribution in [1.29, 1.82) is 0 Å². The molecule has 1 aliphatic carbocycles. The number of amides is 1. The van der Waals surface area contributed by atoms with E-state index >= 15 is 0 Å². The van der Waals surface area contributed by atoms with Crippen molar-refractivity contribution in [3.05, 3.63) is 65.9 Å². The zero-order chi connectivity index (χ0) is 22.9. The van der Waals surface area contributed by atoms with Gasteiger partial charge in [-0.2, -0.15) is 5.10 Å². The summed E-state index contributed by atoms with van der Waals surface area (Å²) in [5.41, 5.74) is 1.61. The highest BCUT2D eigenvalue weighted by Gasteiger charge is 2.25. The number of benzene rings is 2. The molecular weight excluding hydrogens is 428 g/mol. The first-order chi connectivity index (χ1) is 15.3. The third-order valence-electron chi connectivity index (χ3n) is 5.57. The molecule has 4 rings (SSSR count). The molecule has 0 radical (unpaired) electrons. The van der Waals surface area contributed by atoms with Crippen molar-refractivity contribution >= 4 is 27.4 Å². The van der Waals surface area contributed by atoms with Gasteiger partial charge in [-0.25, -0.2) is 13.1 Å². The van der Waals surface area contributed by atoms with Gasteiger partial charge in [-0.15, -0.1) is 0 Å². The van der Waals surface area contributed by atoms with Crippen LogP contribution in [-0.2, 0) is 16.6 Å². The number of rotatable bonds is 8. The molecular formula is C23H26N4O4S. The number of ether oxygens (including phenoxy) is 1. The monoisotopic (exact) mass is 454 g/mol. The van der Waals surface area contributed by atoms with E-state index in [1.807, 2.05) is 11.6 Å². The quantitative estimate of drug-likeness (QED) is 0.560. The van der Waals surface area contributed by atoms with E-state index in [-0.39, 0.29) is 16.4 Å². The summed E-state index contributed by atoms with van der Waals surface area (Å²) in [5, 5.41) is 7.26. The lowest BCUT2D eigenvalue weighted by Gasteiger charge is -2.20. The summed E-state index contributed by atoms with van der Waals surface area (Å²) in [6.07, 6.45) is 4.07. The Hall–Kier alpha value is -3.33. The van der Waals surface area contributed by atoms with Crippen LogP contribution in [-0.4, -0.2) is 38.3 Å². The van der Waals surface area contributed by atoms with Crippen molar-refractivity contribution in [2.45, 2.75) is 31.2 Å². The zero-order valence-electron chi connectivity index (χ0n) is 18.3. The topological polar surface area (TPSA) is 93.5 Å². The van der Waals surface area contributed by atoms with Crippen molar-refractivity contribution in [3.63, 3.8) is 0 Å². The second-order valence-corrected chi connectivity index (χ2v) is 9.92. The van der Waals surface area contributed by atoms with Crippen molar-refractivity contribution in [3.8, 4) is 5.75 Å². The number of anilines is 2. The maximum Gasteiger partial charge on any atom is 0.264 e. The molecule has 3 aromatic rings. The summed E-state index contributed by atoms with van der Waals surface area (Å²) < 4.78 is 34.4. The molecule has 1 aliphatic rings. The molecule has 168 valence electrons. The molecule has 0 bridgehead atoms. The van der Waals surface area contributed by atoms with Gasteiger partial charge in [0.25, 0.3) is 15.9 Å². The maximum absolute atomic E-state index is 13.2. The van der Waals surface area contributed by atoms with E-state index in [0.29, 0.717) is 23.2 Å². The van der Waals surface area contributed by atoms with Gasteiger partial charge in [0.05, 0.1) is 23.9 Å². The normalized spacial score (nSPS) is 13.6. The van der Waals surface area contributed by atoms with E-state index in [0.717, 1.165) is 12.1 Å². The smallest absolute Gasteiger partial charge is 0.264 e. The van der Waals surface area contributed by atoms with Gasteiger partial charge in [0.1, 0.15) is 11.6 Å². The number of methoxy groups -OCH3 is 1. The summed E-state index contributed by atoms with van der Waals surface area (Å²) >= 11 is 0. The van der Waals surface area contributed by atoms with Gasteiger partial charge in [-0.1, -0.05) is 6.07 Å². The fourth-order valence-corrected chi connectivity index (χ4v) is 4.63. The lowest BCUT2D eigenvalue weighted by atomic mass is 10.2. The molecule has 1 saturated carbocycles. The number of nitrogens with one attached hydrogen (secondary N) is 1. The number of carbonyl (C=O) groups excluding carboxylic acids is 1. The summed E-state index contributed by atoms with van der Waals surface area (Å²) in [7, 11) is -0.835. The minimum Gasteiger partial charge on any atom is -0.497 e. The molecule has 0 atom stereocenters. The molecule has 2 aromatic carbocycles. The Kier molecular flexibility index (Phi) is 5.92. The first-order valence-electron chi connectivity index (χ1n) is 10.4. The molecule has 0 saturated heterocycles. The minimum absolute atomic E-state index is 0.0340. The summed E-state index contributed by atoms with van der Waals surface area (Å²) in [4.78, 5) is 13.0. The van der Waals surface area contributed by atoms with Crippen LogP contribution in [0.5, 0.6) is 5.75 Å². The molecule has 1 N–H and O–H groups in total. The highest BCUT2D eigenvalue weighted by molar-refractivity contribution is 7.92. The average molecular weight is 455 g/mol.